The van der Waals surface area contributed by atoms with E-state index in [0.717, 1.165) is 16.3 Å². The minimum absolute atomic E-state index is 0.214. The first kappa shape index (κ1) is 12.3. The summed E-state index contributed by atoms with van der Waals surface area (Å²) in [5.74, 6) is -0.760. The van der Waals surface area contributed by atoms with Gasteiger partial charge in [0.05, 0.1) is 5.92 Å². The highest BCUT2D eigenvalue weighted by molar-refractivity contribution is 6.01. The van der Waals surface area contributed by atoms with E-state index in [4.69, 9.17) is 5.39 Å². The first-order chi connectivity index (χ1) is 9.67. The van der Waals surface area contributed by atoms with Crippen molar-refractivity contribution in [1.29, 1.82) is 5.39 Å². The second kappa shape index (κ2) is 4.74. The molecule has 20 heavy (non-hydrogen) atoms. The lowest BCUT2D eigenvalue weighted by Gasteiger charge is -2.21. The third kappa shape index (κ3) is 2.12. The van der Waals surface area contributed by atoms with Crippen molar-refractivity contribution in [3.8, 4) is 0 Å². The SMILES string of the molecule is N#[N+]c1ccc2ccc(C3CCC(=O)NC3=O)cc2c1. The smallest absolute Gasteiger partial charge is 0.296 e. The van der Waals surface area contributed by atoms with Crippen LogP contribution in [0.4, 0.5) is 5.69 Å². The van der Waals surface area contributed by atoms with Crippen LogP contribution in [0.2, 0.25) is 0 Å². The predicted molar refractivity (Wildman–Crippen MR) is 73.8 cm³/mol. The molecule has 0 aromatic heterocycles. The van der Waals surface area contributed by atoms with E-state index in [1.54, 1.807) is 12.1 Å². The van der Waals surface area contributed by atoms with E-state index in [0.29, 0.717) is 18.5 Å². The van der Waals surface area contributed by atoms with Gasteiger partial charge in [0.15, 0.2) is 4.98 Å². The average molecular weight is 266 g/mol. The topological polar surface area (TPSA) is 74.3 Å². The molecule has 5 nitrogen and oxygen atoms in total. The first-order valence-corrected chi connectivity index (χ1v) is 6.40. The Morgan fingerprint density at radius 1 is 1.10 bits per heavy atom. The van der Waals surface area contributed by atoms with Gasteiger partial charge in [-0.25, -0.2) is 0 Å². The minimum atomic E-state index is -0.299. The molecule has 2 aromatic carbocycles. The minimum Gasteiger partial charge on any atom is -0.296 e. The molecule has 5 heteroatoms. The number of hydrogen-bond acceptors (Lipinski definition) is 3. The Morgan fingerprint density at radius 2 is 1.90 bits per heavy atom. The highest BCUT2D eigenvalue weighted by atomic mass is 16.2. The monoisotopic (exact) mass is 266 g/mol. The Balaban J connectivity index is 2.02. The van der Waals surface area contributed by atoms with Crippen LogP contribution in [-0.2, 0) is 9.59 Å². The van der Waals surface area contributed by atoms with Gasteiger partial charge in [0.1, 0.15) is 0 Å². The molecule has 0 radical (unpaired) electrons. The van der Waals surface area contributed by atoms with Crippen molar-refractivity contribution in [3.63, 3.8) is 0 Å². The molecule has 1 unspecified atom stereocenters. The summed E-state index contributed by atoms with van der Waals surface area (Å²) >= 11 is 0. The summed E-state index contributed by atoms with van der Waals surface area (Å²) in [4.78, 5) is 26.2. The van der Waals surface area contributed by atoms with E-state index < -0.39 is 0 Å². The summed E-state index contributed by atoms with van der Waals surface area (Å²) in [6, 6.07) is 11.1. The second-order valence-electron chi connectivity index (χ2n) is 4.89. The number of nitrogens with one attached hydrogen (secondary N) is 1. The summed E-state index contributed by atoms with van der Waals surface area (Å²) in [5.41, 5.74) is 1.34. The number of benzene rings is 2. The Labute approximate surface area is 115 Å². The van der Waals surface area contributed by atoms with E-state index in [-0.39, 0.29) is 17.7 Å². The van der Waals surface area contributed by atoms with E-state index in [9.17, 15) is 9.59 Å². The van der Waals surface area contributed by atoms with Gasteiger partial charge >= 0.3 is 5.69 Å². The number of rotatable bonds is 1. The molecule has 1 aliphatic rings. The maximum Gasteiger partial charge on any atom is 0.385 e. The van der Waals surface area contributed by atoms with Gasteiger partial charge in [-0.15, -0.1) is 0 Å². The molecule has 0 spiro atoms. The van der Waals surface area contributed by atoms with E-state index in [1.807, 2.05) is 24.3 Å². The third-order valence-corrected chi connectivity index (χ3v) is 3.60. The van der Waals surface area contributed by atoms with Crippen LogP contribution >= 0.6 is 0 Å². The third-order valence-electron chi connectivity index (χ3n) is 3.60. The van der Waals surface area contributed by atoms with Crippen LogP contribution in [0.1, 0.15) is 24.3 Å². The van der Waals surface area contributed by atoms with Crippen LogP contribution in [0.5, 0.6) is 0 Å². The van der Waals surface area contributed by atoms with E-state index >= 15 is 0 Å². The molecule has 1 fully saturated rings. The lowest BCUT2D eigenvalue weighted by molar-refractivity contribution is -0.134. The molecular weight excluding hydrogens is 254 g/mol. The van der Waals surface area contributed by atoms with Gasteiger partial charge in [-0.2, -0.15) is 0 Å². The number of carbonyl (C=O) groups is 2. The maximum atomic E-state index is 11.9. The first-order valence-electron chi connectivity index (χ1n) is 6.40. The van der Waals surface area contributed by atoms with Crippen molar-refractivity contribution in [2.45, 2.75) is 18.8 Å². The van der Waals surface area contributed by atoms with Crippen LogP contribution in [0.3, 0.4) is 0 Å². The van der Waals surface area contributed by atoms with Crippen LogP contribution in [-0.4, -0.2) is 11.8 Å². The lowest BCUT2D eigenvalue weighted by atomic mass is 9.89. The van der Waals surface area contributed by atoms with Gasteiger partial charge in [0.25, 0.3) is 0 Å². The maximum absolute atomic E-state index is 11.9. The summed E-state index contributed by atoms with van der Waals surface area (Å²) < 4.78 is 0. The normalized spacial score (nSPS) is 18.6. The molecule has 1 N–H and O–H groups in total. The Hall–Kier alpha value is -2.74. The summed E-state index contributed by atoms with van der Waals surface area (Å²) in [6.07, 6.45) is 0.890. The van der Waals surface area contributed by atoms with Crippen LogP contribution in [0.15, 0.2) is 36.4 Å². The molecule has 1 heterocycles. The number of carbonyl (C=O) groups excluding carboxylic acids is 2. The largest absolute Gasteiger partial charge is 0.385 e. The number of fused-ring (bicyclic) bond motifs is 1. The Kier molecular flexibility index (Phi) is 2.92. The standard InChI is InChI=1S/C15H11N3O2/c16-18-12-4-3-9-1-2-10(7-11(9)8-12)13-5-6-14(19)17-15(13)20/h1-4,7-8,13H,5-6H2/p+1. The number of imide groups is 1. The zero-order chi connectivity index (χ0) is 14.1. The zero-order valence-corrected chi connectivity index (χ0v) is 10.7. The van der Waals surface area contributed by atoms with Crippen LogP contribution < -0.4 is 5.32 Å². The molecule has 0 aliphatic carbocycles. The molecule has 2 amide bonds. The summed E-state index contributed by atoms with van der Waals surface area (Å²) in [6.45, 7) is 0. The van der Waals surface area contributed by atoms with Gasteiger partial charge in [-0.3, -0.25) is 14.9 Å². The second-order valence-corrected chi connectivity index (χ2v) is 4.89. The van der Waals surface area contributed by atoms with Crippen molar-refractivity contribution in [1.82, 2.24) is 5.32 Å². The zero-order valence-electron chi connectivity index (χ0n) is 10.7. The highest BCUT2D eigenvalue weighted by Crippen LogP contribution is 2.29. The molecule has 3 rings (SSSR count). The van der Waals surface area contributed by atoms with E-state index in [2.05, 4.69) is 10.3 Å². The molecular formula is C15H12N3O2+. The number of hydrogen-bond donors (Lipinski definition) is 1. The molecule has 0 bridgehead atoms. The number of amides is 2. The molecule has 1 aliphatic heterocycles. The Bertz CT molecular complexity index is 761. The fraction of sp³-hybridized carbons (Fsp3) is 0.200. The Morgan fingerprint density at radius 3 is 2.65 bits per heavy atom. The lowest BCUT2D eigenvalue weighted by Crippen LogP contribution is -2.39. The number of diazo groups is 1. The number of nitrogens with zero attached hydrogens (tertiary/aromatic N) is 2. The molecule has 1 saturated heterocycles. The van der Waals surface area contributed by atoms with Crippen molar-refractivity contribution < 1.29 is 9.59 Å². The summed E-state index contributed by atoms with van der Waals surface area (Å²) in [7, 11) is 0. The van der Waals surface area contributed by atoms with Crippen molar-refractivity contribution >= 4 is 28.3 Å². The van der Waals surface area contributed by atoms with E-state index in [1.165, 1.54) is 0 Å². The van der Waals surface area contributed by atoms with Gasteiger partial charge in [0, 0.05) is 18.6 Å². The predicted octanol–water partition coefficient (Wildman–Crippen LogP) is 2.84. The molecule has 1 atom stereocenters. The number of piperidine rings is 1. The molecule has 98 valence electrons. The quantitative estimate of drug-likeness (QED) is 0.637. The van der Waals surface area contributed by atoms with Crippen molar-refractivity contribution in [3.05, 3.63) is 46.9 Å². The fourth-order valence-electron chi connectivity index (χ4n) is 2.54. The summed E-state index contributed by atoms with van der Waals surface area (Å²) in [5, 5.41) is 13.1. The molecule has 2 aromatic rings. The van der Waals surface area contributed by atoms with Gasteiger partial charge in [-0.05, 0) is 28.8 Å². The van der Waals surface area contributed by atoms with Crippen LogP contribution in [0, 0.1) is 5.39 Å². The van der Waals surface area contributed by atoms with Crippen LogP contribution in [0.25, 0.3) is 15.7 Å². The fourth-order valence-corrected chi connectivity index (χ4v) is 2.54. The van der Waals surface area contributed by atoms with Gasteiger partial charge < -0.3 is 0 Å². The van der Waals surface area contributed by atoms with Gasteiger partial charge in [-0.1, -0.05) is 18.2 Å². The van der Waals surface area contributed by atoms with Crippen molar-refractivity contribution in [2.24, 2.45) is 0 Å². The molecule has 0 saturated carbocycles. The van der Waals surface area contributed by atoms with Gasteiger partial charge in [0.2, 0.25) is 17.2 Å². The highest BCUT2D eigenvalue weighted by Gasteiger charge is 2.27. The average Bonchev–Trinajstić information content (AvgIpc) is 2.46. The van der Waals surface area contributed by atoms with Crippen molar-refractivity contribution in [2.75, 3.05) is 0 Å².